The minimum absolute atomic E-state index is 0.0920. The van der Waals surface area contributed by atoms with E-state index in [-0.39, 0.29) is 11.8 Å². The number of nitrogens with zero attached hydrogens (tertiary/aromatic N) is 5. The minimum atomic E-state index is -1.06. The molecule has 4 atom stereocenters. The molecule has 0 amide bonds. The van der Waals surface area contributed by atoms with E-state index in [1.165, 1.54) is 0 Å². The van der Waals surface area contributed by atoms with Crippen LogP contribution in [0.2, 0.25) is 0 Å². The maximum absolute atomic E-state index is 14.8. The highest BCUT2D eigenvalue weighted by Crippen LogP contribution is 2.34. The lowest BCUT2D eigenvalue weighted by atomic mass is 9.84. The molecule has 4 aromatic rings. The molecule has 0 spiro atoms. The number of halogens is 1. The monoisotopic (exact) mass is 446 g/mol. The number of aromatic nitrogens is 5. The summed E-state index contributed by atoms with van der Waals surface area (Å²) in [5.74, 6) is 0.388. The molecule has 1 aromatic carbocycles. The fourth-order valence-electron chi connectivity index (χ4n) is 4.88. The number of benzene rings is 1. The highest BCUT2D eigenvalue weighted by molar-refractivity contribution is 5.74. The molecule has 2 fully saturated rings. The van der Waals surface area contributed by atoms with Gasteiger partial charge in [-0.3, -0.25) is 4.40 Å². The third-order valence-corrected chi connectivity index (χ3v) is 6.58. The van der Waals surface area contributed by atoms with E-state index in [1.807, 2.05) is 28.8 Å². The van der Waals surface area contributed by atoms with Crippen molar-refractivity contribution in [3.63, 3.8) is 0 Å². The first-order valence-corrected chi connectivity index (χ1v) is 11.2. The molecule has 2 aliphatic heterocycles. The van der Waals surface area contributed by atoms with Gasteiger partial charge in [0.15, 0.2) is 11.8 Å². The van der Waals surface area contributed by atoms with Gasteiger partial charge in [-0.15, -0.1) is 20.4 Å². The zero-order valence-corrected chi connectivity index (χ0v) is 17.8. The second-order valence-electron chi connectivity index (χ2n) is 8.74. The molecule has 2 aliphatic rings. The summed E-state index contributed by atoms with van der Waals surface area (Å²) in [5, 5.41) is 30.2. The first kappa shape index (κ1) is 20.0. The van der Waals surface area contributed by atoms with Crippen molar-refractivity contribution in [2.75, 3.05) is 0 Å². The molecule has 0 aliphatic carbocycles. The third kappa shape index (κ3) is 3.78. The summed E-state index contributed by atoms with van der Waals surface area (Å²) in [6.45, 7) is 0. The molecule has 2 bridgehead atoms. The number of nitrogens with one attached hydrogen (secondary N) is 1. The van der Waals surface area contributed by atoms with Gasteiger partial charge in [0.2, 0.25) is 5.88 Å². The van der Waals surface area contributed by atoms with Crippen LogP contribution in [0.25, 0.3) is 28.0 Å². The largest absolute Gasteiger partial charge is 0.507 e. The first-order valence-electron chi connectivity index (χ1n) is 11.2. The van der Waals surface area contributed by atoms with E-state index >= 15 is 0 Å². The lowest BCUT2D eigenvalue weighted by molar-refractivity contribution is 0.00652. The van der Waals surface area contributed by atoms with Crippen LogP contribution in [0.15, 0.2) is 55.0 Å². The highest BCUT2D eigenvalue weighted by Gasteiger charge is 2.41. The fraction of sp³-hybridized carbons (Fsp3) is 0.333. The summed E-state index contributed by atoms with van der Waals surface area (Å²) in [5.41, 5.74) is 3.60. The van der Waals surface area contributed by atoms with Crippen LogP contribution in [0.3, 0.4) is 0 Å². The van der Waals surface area contributed by atoms with Crippen molar-refractivity contribution < 1.29 is 14.2 Å². The zero-order valence-electron chi connectivity index (χ0n) is 17.8. The number of hydrogen-bond acceptors (Lipinski definition) is 7. The van der Waals surface area contributed by atoms with Gasteiger partial charge in [-0.1, -0.05) is 12.5 Å². The molecule has 33 heavy (non-hydrogen) atoms. The number of pyridine rings is 1. The van der Waals surface area contributed by atoms with Crippen molar-refractivity contribution in [3.8, 4) is 34.0 Å². The van der Waals surface area contributed by atoms with Crippen molar-refractivity contribution in [1.82, 2.24) is 30.1 Å². The lowest BCUT2D eigenvalue weighted by Crippen LogP contribution is -2.59. The maximum atomic E-state index is 14.8. The van der Waals surface area contributed by atoms with Gasteiger partial charge in [0.1, 0.15) is 18.2 Å². The Morgan fingerprint density at radius 1 is 1.03 bits per heavy atom. The molecule has 0 unspecified atom stereocenters. The maximum Gasteiger partial charge on any atom is 0.233 e. The van der Waals surface area contributed by atoms with E-state index in [4.69, 9.17) is 4.74 Å². The van der Waals surface area contributed by atoms with Crippen LogP contribution in [0.5, 0.6) is 11.6 Å². The Morgan fingerprint density at radius 2 is 1.94 bits per heavy atom. The standard InChI is InChI=1S/C24H23FN6O2/c25-24-19-3-1-2-16(27-19)11-21(24)33-23-9-7-18(28-30-23)17-6-4-14(10-20(17)32)15-5-8-22-29-26-13-31(22)12-15/h4-10,12-13,16,19,21,24,27,32H,1-3,11H2/t16-,19+,21-,24+/m0/s1. The van der Waals surface area contributed by atoms with E-state index in [0.717, 1.165) is 36.0 Å². The second-order valence-corrected chi connectivity index (χ2v) is 8.74. The summed E-state index contributed by atoms with van der Waals surface area (Å²) in [4.78, 5) is 0. The van der Waals surface area contributed by atoms with Gasteiger partial charge in [-0.2, -0.15) is 0 Å². The molecule has 5 heterocycles. The Bertz CT molecular complexity index is 1290. The van der Waals surface area contributed by atoms with Gasteiger partial charge >= 0.3 is 0 Å². The number of aromatic hydroxyl groups is 1. The average molecular weight is 446 g/mol. The predicted molar refractivity (Wildman–Crippen MR) is 120 cm³/mol. The van der Waals surface area contributed by atoms with Gasteiger partial charge in [0, 0.05) is 36.3 Å². The molecule has 0 radical (unpaired) electrons. The topological polar surface area (TPSA) is 97.5 Å². The number of rotatable bonds is 4. The fourth-order valence-corrected chi connectivity index (χ4v) is 4.88. The highest BCUT2D eigenvalue weighted by atomic mass is 19.1. The molecule has 0 saturated carbocycles. The molecule has 3 aromatic heterocycles. The van der Waals surface area contributed by atoms with Crippen LogP contribution in [0.1, 0.15) is 25.7 Å². The quantitative estimate of drug-likeness (QED) is 0.495. The molecule has 2 N–H and O–H groups in total. The van der Waals surface area contributed by atoms with Crippen molar-refractivity contribution in [3.05, 3.63) is 55.0 Å². The normalized spacial score (nSPS) is 24.6. The van der Waals surface area contributed by atoms with Crippen LogP contribution in [0, 0.1) is 0 Å². The van der Waals surface area contributed by atoms with E-state index in [9.17, 15) is 9.50 Å². The summed E-state index contributed by atoms with van der Waals surface area (Å²) < 4.78 is 22.5. The molecule has 9 heteroatoms. The van der Waals surface area contributed by atoms with Gasteiger partial charge in [-0.25, -0.2) is 4.39 Å². The Kier molecular flexibility index (Phi) is 4.91. The third-order valence-electron chi connectivity index (χ3n) is 6.58. The van der Waals surface area contributed by atoms with Crippen LogP contribution < -0.4 is 10.1 Å². The Labute approximate surface area is 189 Å². The summed E-state index contributed by atoms with van der Waals surface area (Å²) in [6.07, 6.45) is 5.54. The molecular formula is C24H23FN6O2. The number of phenolic OH excluding ortho intramolecular Hbond substituents is 1. The Balaban J connectivity index is 1.20. The zero-order chi connectivity index (χ0) is 22.4. The van der Waals surface area contributed by atoms with Crippen LogP contribution in [0.4, 0.5) is 4.39 Å². The number of alkyl halides is 1. The first-order chi connectivity index (χ1) is 16.1. The van der Waals surface area contributed by atoms with E-state index in [1.54, 1.807) is 30.6 Å². The smallest absolute Gasteiger partial charge is 0.233 e. The SMILES string of the molecule is Oc1cc(-c2ccc3nncn3c2)ccc1-c1ccc(O[C@H]2C[C@@H]3CCC[C@@H](N3)[C@H]2F)nn1. The van der Waals surface area contributed by atoms with Crippen molar-refractivity contribution >= 4 is 5.65 Å². The summed E-state index contributed by atoms with van der Waals surface area (Å²) >= 11 is 0. The lowest BCUT2D eigenvalue weighted by Gasteiger charge is -2.42. The average Bonchev–Trinajstić information content (AvgIpc) is 3.31. The van der Waals surface area contributed by atoms with Gasteiger partial charge < -0.3 is 15.2 Å². The van der Waals surface area contributed by atoms with Crippen LogP contribution in [-0.2, 0) is 0 Å². The predicted octanol–water partition coefficient (Wildman–Crippen LogP) is 3.56. The van der Waals surface area contributed by atoms with Crippen LogP contribution >= 0.6 is 0 Å². The summed E-state index contributed by atoms with van der Waals surface area (Å²) in [7, 11) is 0. The molecule has 6 rings (SSSR count). The number of fused-ring (bicyclic) bond motifs is 3. The van der Waals surface area contributed by atoms with E-state index < -0.39 is 12.3 Å². The van der Waals surface area contributed by atoms with Gasteiger partial charge in [-0.05, 0) is 54.3 Å². The Morgan fingerprint density at radius 3 is 2.79 bits per heavy atom. The van der Waals surface area contributed by atoms with E-state index in [0.29, 0.717) is 29.6 Å². The molecular weight excluding hydrogens is 423 g/mol. The number of hydrogen-bond donors (Lipinski definition) is 2. The Hall–Kier alpha value is -3.59. The van der Waals surface area contributed by atoms with Gasteiger partial charge in [0.25, 0.3) is 0 Å². The summed E-state index contributed by atoms with van der Waals surface area (Å²) in [6, 6.07) is 12.8. The number of piperidine rings is 2. The van der Waals surface area contributed by atoms with Crippen LogP contribution in [-0.4, -0.2) is 54.3 Å². The van der Waals surface area contributed by atoms with E-state index in [2.05, 4.69) is 25.7 Å². The number of phenols is 1. The molecule has 2 saturated heterocycles. The number of ether oxygens (including phenoxy) is 1. The van der Waals surface area contributed by atoms with Crippen molar-refractivity contribution in [1.29, 1.82) is 0 Å². The molecule has 8 nitrogen and oxygen atoms in total. The van der Waals surface area contributed by atoms with Crippen molar-refractivity contribution in [2.45, 2.75) is 50.0 Å². The van der Waals surface area contributed by atoms with Gasteiger partial charge in [0.05, 0.1) is 5.69 Å². The van der Waals surface area contributed by atoms with Crippen molar-refractivity contribution in [2.24, 2.45) is 0 Å². The second kappa shape index (κ2) is 8.08. The minimum Gasteiger partial charge on any atom is -0.507 e. The molecule has 168 valence electrons.